The summed E-state index contributed by atoms with van der Waals surface area (Å²) in [5.74, 6) is -1.23. The summed E-state index contributed by atoms with van der Waals surface area (Å²) in [5, 5.41) is 10.0. The second-order valence-corrected chi connectivity index (χ2v) is 5.74. The minimum Gasteiger partial charge on any atom is -0.480 e. The molecule has 0 saturated carbocycles. The van der Waals surface area contributed by atoms with Crippen molar-refractivity contribution in [3.05, 3.63) is 0 Å². The van der Waals surface area contributed by atoms with Gasteiger partial charge in [0.25, 0.3) is 0 Å². The van der Waals surface area contributed by atoms with Crippen molar-refractivity contribution < 1.29 is 23.1 Å². The van der Waals surface area contributed by atoms with E-state index in [0.29, 0.717) is 11.8 Å². The fourth-order valence-electron chi connectivity index (χ4n) is 1.59. The summed E-state index contributed by atoms with van der Waals surface area (Å²) in [6, 6.07) is 0. The smallest absolute Gasteiger partial charge is 0.415 e. The number of hydrogen-bond acceptors (Lipinski definition) is 3. The average Bonchev–Trinajstić information content (AvgIpc) is 2.20. The molecule has 1 heterocycles. The number of carboxylic acid groups (broad SMARTS) is 1. The van der Waals surface area contributed by atoms with Gasteiger partial charge in [0.2, 0.25) is 0 Å². The summed E-state index contributed by atoms with van der Waals surface area (Å²) in [5.41, 5.74) is -1.08. The molecular formula is C8H12F3NO2S. The molecule has 0 aromatic heterocycles. The number of carbonyl (C=O) groups is 1. The lowest BCUT2D eigenvalue weighted by molar-refractivity contribution is -0.164. The Morgan fingerprint density at radius 1 is 1.40 bits per heavy atom. The highest BCUT2D eigenvalue weighted by Gasteiger charge is 2.62. The van der Waals surface area contributed by atoms with Gasteiger partial charge in [0.15, 0.2) is 4.87 Å². The number of nitrogens with one attached hydrogen (secondary N) is 1. The van der Waals surface area contributed by atoms with Crippen LogP contribution in [0.4, 0.5) is 13.2 Å². The minimum absolute atomic E-state index is 0.399. The van der Waals surface area contributed by atoms with Crippen molar-refractivity contribution in [1.29, 1.82) is 0 Å². The van der Waals surface area contributed by atoms with Gasteiger partial charge in [-0.05, 0) is 20.8 Å². The molecule has 2 unspecified atom stereocenters. The summed E-state index contributed by atoms with van der Waals surface area (Å²) >= 11 is 0.399. The Morgan fingerprint density at radius 2 is 1.87 bits per heavy atom. The second-order valence-electron chi connectivity index (χ2n) is 4.21. The second kappa shape index (κ2) is 3.28. The van der Waals surface area contributed by atoms with Crippen LogP contribution in [-0.4, -0.2) is 32.9 Å². The van der Waals surface area contributed by atoms with Crippen LogP contribution in [0.15, 0.2) is 0 Å². The monoisotopic (exact) mass is 243 g/mol. The summed E-state index contributed by atoms with van der Waals surface area (Å²) in [7, 11) is 0. The number of halogens is 3. The van der Waals surface area contributed by atoms with E-state index in [1.165, 1.54) is 13.8 Å². The van der Waals surface area contributed by atoms with Gasteiger partial charge in [-0.2, -0.15) is 13.2 Å². The first kappa shape index (κ1) is 12.6. The van der Waals surface area contributed by atoms with Crippen LogP contribution in [-0.2, 0) is 4.79 Å². The predicted octanol–water partition coefficient (Wildman–Crippen LogP) is 1.83. The summed E-state index contributed by atoms with van der Waals surface area (Å²) in [6.45, 7) is 3.87. The summed E-state index contributed by atoms with van der Waals surface area (Å²) in [4.78, 5) is 8.61. The number of thioether (sulfide) groups is 1. The highest BCUT2D eigenvalue weighted by molar-refractivity contribution is 8.02. The van der Waals surface area contributed by atoms with E-state index in [0.717, 1.165) is 6.92 Å². The zero-order valence-electron chi connectivity index (χ0n) is 8.47. The van der Waals surface area contributed by atoms with E-state index in [2.05, 4.69) is 5.32 Å². The number of aliphatic carboxylic acids is 1. The van der Waals surface area contributed by atoms with Crippen LogP contribution in [0.2, 0.25) is 0 Å². The van der Waals surface area contributed by atoms with Crippen LogP contribution in [0.3, 0.4) is 0 Å². The van der Waals surface area contributed by atoms with E-state index < -0.39 is 27.8 Å². The lowest BCUT2D eigenvalue weighted by atomic mass is 9.99. The Hall–Kier alpha value is -0.430. The highest BCUT2D eigenvalue weighted by atomic mass is 32.2. The van der Waals surface area contributed by atoms with Crippen molar-refractivity contribution in [3.8, 4) is 0 Å². The largest absolute Gasteiger partial charge is 0.480 e. The molecule has 88 valence electrons. The normalized spacial score (nSPS) is 35.5. The lowest BCUT2D eigenvalue weighted by Gasteiger charge is -2.29. The van der Waals surface area contributed by atoms with Gasteiger partial charge < -0.3 is 5.11 Å². The van der Waals surface area contributed by atoms with Crippen molar-refractivity contribution in [3.63, 3.8) is 0 Å². The third-order valence-corrected chi connectivity index (χ3v) is 4.17. The molecule has 1 fully saturated rings. The highest BCUT2D eigenvalue weighted by Crippen LogP contribution is 2.50. The van der Waals surface area contributed by atoms with E-state index in [9.17, 15) is 18.0 Å². The SMILES string of the molecule is CC1(C)NC(C)(C(F)(F)F)SC1C(=O)O. The molecule has 0 bridgehead atoms. The van der Waals surface area contributed by atoms with Crippen molar-refractivity contribution >= 4 is 17.7 Å². The third kappa shape index (κ3) is 2.08. The van der Waals surface area contributed by atoms with Crippen molar-refractivity contribution in [2.45, 2.75) is 42.6 Å². The molecule has 7 heteroatoms. The fraction of sp³-hybridized carbons (Fsp3) is 0.875. The molecule has 0 aliphatic carbocycles. The predicted molar refractivity (Wildman–Crippen MR) is 50.7 cm³/mol. The Morgan fingerprint density at radius 3 is 2.07 bits per heavy atom. The van der Waals surface area contributed by atoms with E-state index >= 15 is 0 Å². The molecule has 2 N–H and O–H groups in total. The standard InChI is InChI=1S/C8H12F3NO2S/c1-6(2)4(5(13)14)15-7(3,12-6)8(9,10)11/h4,12H,1-3H3,(H,13,14). The Labute approximate surface area is 89.4 Å². The molecule has 1 saturated heterocycles. The molecular weight excluding hydrogens is 231 g/mol. The van der Waals surface area contributed by atoms with Gasteiger partial charge in [-0.15, -0.1) is 11.8 Å². The number of hydrogen-bond donors (Lipinski definition) is 2. The van der Waals surface area contributed by atoms with Crippen molar-refractivity contribution in [2.24, 2.45) is 0 Å². The van der Waals surface area contributed by atoms with E-state index in [-0.39, 0.29) is 0 Å². The zero-order valence-corrected chi connectivity index (χ0v) is 9.29. The molecule has 3 nitrogen and oxygen atoms in total. The molecule has 1 aliphatic rings. The van der Waals surface area contributed by atoms with E-state index in [4.69, 9.17) is 5.11 Å². The summed E-state index contributed by atoms with van der Waals surface area (Å²) in [6.07, 6.45) is -4.47. The molecule has 1 aliphatic heterocycles. The summed E-state index contributed by atoms with van der Waals surface area (Å²) < 4.78 is 37.9. The molecule has 0 spiro atoms. The van der Waals surface area contributed by atoms with E-state index in [1.54, 1.807) is 0 Å². The maximum absolute atomic E-state index is 12.6. The van der Waals surface area contributed by atoms with Crippen LogP contribution < -0.4 is 5.32 Å². The number of carboxylic acids is 1. The fourth-order valence-corrected chi connectivity index (χ4v) is 2.97. The van der Waals surface area contributed by atoms with Gasteiger partial charge in [-0.3, -0.25) is 10.1 Å². The quantitative estimate of drug-likeness (QED) is 0.737. The Bertz CT molecular complexity index is 292. The van der Waals surface area contributed by atoms with Crippen LogP contribution in [0.25, 0.3) is 0 Å². The molecule has 0 amide bonds. The molecule has 0 aromatic carbocycles. The first-order valence-corrected chi connectivity index (χ1v) is 5.14. The number of rotatable bonds is 1. The van der Waals surface area contributed by atoms with Crippen LogP contribution in [0, 0.1) is 0 Å². The van der Waals surface area contributed by atoms with E-state index in [1.807, 2.05) is 0 Å². The van der Waals surface area contributed by atoms with Gasteiger partial charge in [0, 0.05) is 5.54 Å². The lowest BCUT2D eigenvalue weighted by Crippen LogP contribution is -2.55. The molecule has 1 rings (SSSR count). The van der Waals surface area contributed by atoms with Gasteiger partial charge >= 0.3 is 12.1 Å². The van der Waals surface area contributed by atoms with Crippen molar-refractivity contribution in [1.82, 2.24) is 5.32 Å². The first-order chi connectivity index (χ1) is 6.50. The number of alkyl halides is 3. The minimum atomic E-state index is -4.47. The van der Waals surface area contributed by atoms with Crippen molar-refractivity contribution in [2.75, 3.05) is 0 Å². The third-order valence-electron chi connectivity index (χ3n) is 2.33. The average molecular weight is 243 g/mol. The molecule has 0 aromatic rings. The van der Waals surface area contributed by atoms with Crippen LogP contribution in [0.1, 0.15) is 20.8 Å². The maximum atomic E-state index is 12.6. The maximum Gasteiger partial charge on any atom is 0.415 e. The first-order valence-electron chi connectivity index (χ1n) is 4.26. The zero-order chi connectivity index (χ0) is 12.1. The van der Waals surface area contributed by atoms with Crippen LogP contribution in [0.5, 0.6) is 0 Å². The molecule has 0 radical (unpaired) electrons. The van der Waals surface area contributed by atoms with Gasteiger partial charge in [-0.1, -0.05) is 0 Å². The molecule has 2 atom stereocenters. The van der Waals surface area contributed by atoms with Gasteiger partial charge in [0.05, 0.1) is 0 Å². The van der Waals surface area contributed by atoms with Gasteiger partial charge in [0.1, 0.15) is 5.25 Å². The molecule has 15 heavy (non-hydrogen) atoms. The Kier molecular flexibility index (Phi) is 2.76. The van der Waals surface area contributed by atoms with Gasteiger partial charge in [-0.25, -0.2) is 0 Å². The van der Waals surface area contributed by atoms with Crippen LogP contribution >= 0.6 is 11.8 Å². The Balaban J connectivity index is 3.01. The topological polar surface area (TPSA) is 49.3 Å².